The van der Waals surface area contributed by atoms with Gasteiger partial charge in [-0.3, -0.25) is 19.3 Å². The van der Waals surface area contributed by atoms with Gasteiger partial charge < -0.3 is 5.32 Å². The Balaban J connectivity index is 1.39. The van der Waals surface area contributed by atoms with Gasteiger partial charge in [-0.2, -0.15) is 4.68 Å². The molecule has 9 nitrogen and oxygen atoms in total. The van der Waals surface area contributed by atoms with Crippen molar-refractivity contribution >= 4 is 34.9 Å². The number of carbonyl (C=O) groups excluding carboxylic acids is 3. The molecule has 1 fully saturated rings. The van der Waals surface area contributed by atoms with Crippen LogP contribution in [0.25, 0.3) is 11.8 Å². The standard InChI is InChI=1S/C20H16N6O3S/c27-18(15-8-4-5-9-16(15)26-13-22-23-24-26)21-10-11-25-19(28)17(30-20(25)29)12-14-6-2-1-3-7-14/h1-9,12-13H,10-11H2,(H,21,27). The van der Waals surface area contributed by atoms with E-state index in [1.54, 1.807) is 30.3 Å². The molecule has 30 heavy (non-hydrogen) atoms. The van der Waals surface area contributed by atoms with E-state index in [4.69, 9.17) is 0 Å². The Labute approximate surface area is 175 Å². The highest BCUT2D eigenvalue weighted by atomic mass is 32.2. The second-order valence-electron chi connectivity index (χ2n) is 6.27. The minimum Gasteiger partial charge on any atom is -0.350 e. The number of nitrogens with zero attached hydrogens (tertiary/aromatic N) is 5. The summed E-state index contributed by atoms with van der Waals surface area (Å²) in [7, 11) is 0. The number of benzene rings is 2. The van der Waals surface area contributed by atoms with Crippen LogP contribution in [0.3, 0.4) is 0 Å². The molecule has 0 atom stereocenters. The van der Waals surface area contributed by atoms with Gasteiger partial charge in [-0.1, -0.05) is 42.5 Å². The smallest absolute Gasteiger partial charge is 0.293 e. The first-order valence-corrected chi connectivity index (χ1v) is 9.86. The van der Waals surface area contributed by atoms with Gasteiger partial charge in [-0.05, 0) is 46.0 Å². The summed E-state index contributed by atoms with van der Waals surface area (Å²) in [5.41, 5.74) is 1.75. The van der Waals surface area contributed by atoms with Crippen molar-refractivity contribution in [3.05, 3.63) is 77.0 Å². The third kappa shape index (κ3) is 4.13. The van der Waals surface area contributed by atoms with Crippen molar-refractivity contribution < 1.29 is 14.4 Å². The van der Waals surface area contributed by atoms with Crippen LogP contribution in [0.5, 0.6) is 0 Å². The zero-order valence-electron chi connectivity index (χ0n) is 15.6. The molecule has 2 heterocycles. The molecule has 0 radical (unpaired) electrons. The Bertz CT molecular complexity index is 1110. The van der Waals surface area contributed by atoms with E-state index in [2.05, 4.69) is 20.8 Å². The van der Waals surface area contributed by atoms with Crippen molar-refractivity contribution in [2.75, 3.05) is 13.1 Å². The monoisotopic (exact) mass is 420 g/mol. The number of tetrazole rings is 1. The van der Waals surface area contributed by atoms with Crippen molar-refractivity contribution in [2.24, 2.45) is 0 Å². The highest BCUT2D eigenvalue weighted by Crippen LogP contribution is 2.31. The van der Waals surface area contributed by atoms with Crippen LogP contribution in [0.2, 0.25) is 0 Å². The van der Waals surface area contributed by atoms with Crippen molar-refractivity contribution in [3.63, 3.8) is 0 Å². The van der Waals surface area contributed by atoms with E-state index in [-0.39, 0.29) is 30.1 Å². The maximum atomic E-state index is 12.6. The number of imide groups is 1. The summed E-state index contributed by atoms with van der Waals surface area (Å²) in [6.07, 6.45) is 3.08. The maximum Gasteiger partial charge on any atom is 0.293 e. The van der Waals surface area contributed by atoms with Crippen molar-refractivity contribution in [2.45, 2.75) is 0 Å². The molecule has 0 unspecified atom stereocenters. The number of carbonyl (C=O) groups is 3. The van der Waals surface area contributed by atoms with E-state index in [1.165, 1.54) is 11.0 Å². The largest absolute Gasteiger partial charge is 0.350 e. The lowest BCUT2D eigenvalue weighted by molar-refractivity contribution is -0.122. The average molecular weight is 420 g/mol. The number of hydrogen-bond donors (Lipinski definition) is 1. The quantitative estimate of drug-likeness (QED) is 0.608. The SMILES string of the molecule is O=C(NCCN1C(=O)SC(=Cc2ccccc2)C1=O)c1ccccc1-n1cnnn1. The Morgan fingerprint density at radius 1 is 1.07 bits per heavy atom. The molecule has 1 aliphatic rings. The molecule has 0 bridgehead atoms. The molecule has 10 heteroatoms. The van der Waals surface area contributed by atoms with Gasteiger partial charge in [0, 0.05) is 13.1 Å². The molecular formula is C20H16N6O3S. The molecule has 2 aromatic carbocycles. The van der Waals surface area contributed by atoms with Crippen LogP contribution in [-0.2, 0) is 4.79 Å². The molecule has 0 saturated carbocycles. The average Bonchev–Trinajstić information content (AvgIpc) is 3.39. The fraction of sp³-hybridized carbons (Fsp3) is 0.100. The van der Waals surface area contributed by atoms with Gasteiger partial charge >= 0.3 is 0 Å². The van der Waals surface area contributed by atoms with Gasteiger partial charge in [-0.15, -0.1) is 5.10 Å². The molecule has 0 aliphatic carbocycles. The number of para-hydroxylation sites is 1. The van der Waals surface area contributed by atoms with Gasteiger partial charge in [0.1, 0.15) is 6.33 Å². The molecule has 4 rings (SSSR count). The van der Waals surface area contributed by atoms with Crippen LogP contribution in [0.4, 0.5) is 4.79 Å². The molecule has 3 amide bonds. The molecule has 1 aliphatic heterocycles. The Kier molecular flexibility index (Phi) is 5.66. The zero-order chi connectivity index (χ0) is 20.9. The normalized spacial score (nSPS) is 15.1. The summed E-state index contributed by atoms with van der Waals surface area (Å²) < 4.78 is 1.39. The predicted octanol–water partition coefficient (Wildman–Crippen LogP) is 2.13. The van der Waals surface area contributed by atoms with Crippen molar-refractivity contribution in [3.8, 4) is 5.69 Å². The number of aromatic nitrogens is 4. The summed E-state index contributed by atoms with van der Waals surface area (Å²) in [6, 6.07) is 16.2. The number of nitrogens with one attached hydrogen (secondary N) is 1. The molecule has 1 aromatic heterocycles. The van der Waals surface area contributed by atoms with E-state index in [1.807, 2.05) is 30.3 Å². The Morgan fingerprint density at radius 2 is 1.83 bits per heavy atom. The van der Waals surface area contributed by atoms with E-state index in [0.717, 1.165) is 22.2 Å². The van der Waals surface area contributed by atoms with Gasteiger partial charge in [0.2, 0.25) is 0 Å². The van der Waals surface area contributed by atoms with Gasteiger partial charge in [-0.25, -0.2) is 0 Å². The molecular weight excluding hydrogens is 404 g/mol. The van der Waals surface area contributed by atoms with Gasteiger partial charge in [0.05, 0.1) is 16.2 Å². The van der Waals surface area contributed by atoms with E-state index >= 15 is 0 Å². The second-order valence-corrected chi connectivity index (χ2v) is 7.26. The molecule has 1 saturated heterocycles. The summed E-state index contributed by atoms with van der Waals surface area (Å²) in [6.45, 7) is 0.203. The third-order valence-corrected chi connectivity index (χ3v) is 5.24. The lowest BCUT2D eigenvalue weighted by Gasteiger charge is -2.14. The Hall–Kier alpha value is -3.79. The fourth-order valence-corrected chi connectivity index (χ4v) is 3.77. The third-order valence-electron chi connectivity index (χ3n) is 4.34. The molecule has 3 aromatic rings. The summed E-state index contributed by atoms with van der Waals surface area (Å²) >= 11 is 0.893. The van der Waals surface area contributed by atoms with E-state index in [0.29, 0.717) is 16.2 Å². The number of amides is 3. The van der Waals surface area contributed by atoms with E-state index in [9.17, 15) is 14.4 Å². The molecule has 1 N–H and O–H groups in total. The topological polar surface area (TPSA) is 110 Å². The summed E-state index contributed by atoms with van der Waals surface area (Å²) in [5.74, 6) is -0.718. The molecule has 150 valence electrons. The zero-order valence-corrected chi connectivity index (χ0v) is 16.5. The van der Waals surface area contributed by atoms with Crippen molar-refractivity contribution in [1.82, 2.24) is 30.4 Å². The lowest BCUT2D eigenvalue weighted by atomic mass is 10.1. The van der Waals surface area contributed by atoms with Gasteiger partial charge in [0.25, 0.3) is 17.1 Å². The first-order chi connectivity index (χ1) is 14.6. The fourth-order valence-electron chi connectivity index (χ4n) is 2.91. The lowest BCUT2D eigenvalue weighted by Crippen LogP contribution is -2.37. The maximum absolute atomic E-state index is 12.6. The summed E-state index contributed by atoms with van der Waals surface area (Å²) in [4.78, 5) is 38.9. The minimum absolute atomic E-state index is 0.0790. The first-order valence-electron chi connectivity index (χ1n) is 9.04. The second kappa shape index (κ2) is 8.70. The minimum atomic E-state index is -0.364. The van der Waals surface area contributed by atoms with Crippen LogP contribution >= 0.6 is 11.8 Å². The number of rotatable bonds is 6. The van der Waals surface area contributed by atoms with Gasteiger partial charge in [0.15, 0.2) is 0 Å². The highest BCUT2D eigenvalue weighted by molar-refractivity contribution is 8.18. The van der Waals surface area contributed by atoms with Crippen LogP contribution in [-0.4, -0.2) is 55.3 Å². The van der Waals surface area contributed by atoms with Crippen LogP contribution in [0.1, 0.15) is 15.9 Å². The summed E-state index contributed by atoms with van der Waals surface area (Å²) in [5, 5.41) is 13.3. The van der Waals surface area contributed by atoms with E-state index < -0.39 is 0 Å². The first kappa shape index (κ1) is 19.5. The Morgan fingerprint density at radius 3 is 2.60 bits per heavy atom. The van der Waals surface area contributed by atoms with Crippen LogP contribution in [0.15, 0.2) is 65.8 Å². The number of hydrogen-bond acceptors (Lipinski definition) is 7. The van der Waals surface area contributed by atoms with Crippen molar-refractivity contribution in [1.29, 1.82) is 0 Å². The number of thioether (sulfide) groups is 1. The van der Waals surface area contributed by atoms with Crippen LogP contribution in [0, 0.1) is 0 Å². The highest BCUT2D eigenvalue weighted by Gasteiger charge is 2.34. The molecule has 0 spiro atoms. The van der Waals surface area contributed by atoms with Crippen LogP contribution < -0.4 is 5.32 Å². The predicted molar refractivity (Wildman–Crippen MR) is 111 cm³/mol.